The maximum Gasteiger partial charge on any atom is 0.194 e. The summed E-state index contributed by atoms with van der Waals surface area (Å²) in [5.41, 5.74) is -7.02. The van der Waals surface area contributed by atoms with Crippen LogP contribution in [0.2, 0.25) is 0 Å². The molecule has 2 fully saturated rings. The fraction of sp³-hybridized carbons (Fsp3) is 0.636. The van der Waals surface area contributed by atoms with Crippen molar-refractivity contribution in [1.29, 1.82) is 0 Å². The van der Waals surface area contributed by atoms with Gasteiger partial charge >= 0.3 is 0 Å². The first kappa shape index (κ1) is 20.6. The van der Waals surface area contributed by atoms with Crippen LogP contribution in [0.15, 0.2) is 35.7 Å². The largest absolute Gasteiger partial charge is 0.390 e. The topological polar surface area (TPSA) is 94.8 Å². The highest BCUT2D eigenvalue weighted by Crippen LogP contribution is 2.70. The Bertz CT molecular complexity index is 894. The second kappa shape index (κ2) is 5.93. The molecule has 7 atom stereocenters. The molecule has 0 heterocycles. The average molecular weight is 408 g/mol. The molecule has 0 aliphatic heterocycles. The van der Waals surface area contributed by atoms with E-state index in [1.54, 1.807) is 6.92 Å². The van der Waals surface area contributed by atoms with Crippen molar-refractivity contribution >= 4 is 11.6 Å². The zero-order valence-electron chi connectivity index (χ0n) is 16.5. The number of fused-ring (bicyclic) bond motifs is 5. The summed E-state index contributed by atoms with van der Waals surface area (Å²) in [4.78, 5) is 24.3. The molecular formula is C22H26F2O5. The highest BCUT2D eigenvalue weighted by molar-refractivity contribution is 5.94. The number of alkyl halides is 1. The Morgan fingerprint density at radius 3 is 2.66 bits per heavy atom. The molecule has 0 amide bonds. The van der Waals surface area contributed by atoms with Gasteiger partial charge in [-0.25, -0.2) is 8.78 Å². The van der Waals surface area contributed by atoms with Gasteiger partial charge in [0.15, 0.2) is 22.8 Å². The third-order valence-corrected chi connectivity index (χ3v) is 8.39. The minimum Gasteiger partial charge on any atom is -0.390 e. The van der Waals surface area contributed by atoms with Crippen LogP contribution in [-0.2, 0) is 9.59 Å². The number of halogens is 2. The Labute approximate surface area is 167 Å². The Morgan fingerprint density at radius 1 is 1.38 bits per heavy atom. The molecule has 0 radical (unpaired) electrons. The maximum atomic E-state index is 16.8. The van der Waals surface area contributed by atoms with Gasteiger partial charge in [-0.05, 0) is 42.9 Å². The van der Waals surface area contributed by atoms with Gasteiger partial charge in [0, 0.05) is 28.7 Å². The Morgan fingerprint density at radius 2 is 2.03 bits per heavy atom. The third-order valence-electron chi connectivity index (χ3n) is 8.39. The Kier molecular flexibility index (Phi) is 4.20. The van der Waals surface area contributed by atoms with Crippen molar-refractivity contribution < 1.29 is 33.7 Å². The maximum absolute atomic E-state index is 16.8. The molecule has 4 rings (SSSR count). The lowest BCUT2D eigenvalue weighted by atomic mass is 9.45. The molecule has 3 N–H and O–H groups in total. The second-order valence-electron chi connectivity index (χ2n) is 9.51. The highest BCUT2D eigenvalue weighted by Gasteiger charge is 2.75. The molecule has 7 heteroatoms. The number of allylic oxidation sites excluding steroid dienone is 4. The van der Waals surface area contributed by atoms with Crippen LogP contribution < -0.4 is 0 Å². The predicted molar refractivity (Wildman–Crippen MR) is 100.0 cm³/mol. The summed E-state index contributed by atoms with van der Waals surface area (Å²) in [6.45, 7) is 5.98. The standard InChI is InChI=1S/C22H26F2O5/c1-11-6-13-14-8-16(23)15-7-12(26)4-5-19(15,2)21(14,24)17(27)9-20(13,3)22(11,29)18(28)10-25/h7-8,13-14,17,25,27,29H,1,4-6,9-10H2,2-3H3/t13-,14-,17-,19-,20-,21-,22-/m0/s1. The van der Waals surface area contributed by atoms with E-state index in [4.69, 9.17) is 0 Å². The van der Waals surface area contributed by atoms with E-state index in [2.05, 4.69) is 6.58 Å². The van der Waals surface area contributed by atoms with E-state index in [0.29, 0.717) is 0 Å². The lowest BCUT2D eigenvalue weighted by Crippen LogP contribution is -2.69. The first-order valence-corrected chi connectivity index (χ1v) is 9.92. The number of rotatable bonds is 2. The summed E-state index contributed by atoms with van der Waals surface area (Å²) in [6, 6.07) is 0. The SMILES string of the molecule is C=C1C[C@H]2[C@@H]3C=C(F)C4=CC(=O)CC[C@]4(C)[C@@]3(F)[C@@H](O)C[C@]2(C)[C@@]1(O)C(=O)CO. The number of hydrogen-bond acceptors (Lipinski definition) is 5. The lowest BCUT2D eigenvalue weighted by molar-refractivity contribution is -0.209. The molecule has 5 nitrogen and oxygen atoms in total. The van der Waals surface area contributed by atoms with E-state index < -0.39 is 58.3 Å². The second-order valence-corrected chi connectivity index (χ2v) is 9.51. The Hall–Kier alpha value is -1.70. The summed E-state index contributed by atoms with van der Waals surface area (Å²) in [7, 11) is 0. The molecule has 2 saturated carbocycles. The van der Waals surface area contributed by atoms with Gasteiger partial charge in [0.05, 0.1) is 6.10 Å². The first-order valence-electron chi connectivity index (χ1n) is 9.92. The summed E-state index contributed by atoms with van der Waals surface area (Å²) >= 11 is 0. The number of aliphatic hydroxyl groups excluding tert-OH is 2. The quantitative estimate of drug-likeness (QED) is 0.609. The van der Waals surface area contributed by atoms with E-state index in [9.17, 15) is 24.9 Å². The molecule has 0 aromatic carbocycles. The van der Waals surface area contributed by atoms with Crippen molar-refractivity contribution in [3.63, 3.8) is 0 Å². The van der Waals surface area contributed by atoms with Crippen LogP contribution in [0.3, 0.4) is 0 Å². The van der Waals surface area contributed by atoms with Crippen molar-refractivity contribution in [3.05, 3.63) is 35.7 Å². The molecule has 158 valence electrons. The van der Waals surface area contributed by atoms with Crippen LogP contribution in [0.4, 0.5) is 8.78 Å². The molecule has 0 aromatic rings. The van der Waals surface area contributed by atoms with E-state index in [1.807, 2.05) is 0 Å². The van der Waals surface area contributed by atoms with Crippen LogP contribution >= 0.6 is 0 Å². The molecule has 0 aromatic heterocycles. The smallest absolute Gasteiger partial charge is 0.194 e. The third kappa shape index (κ3) is 2.13. The van der Waals surface area contributed by atoms with E-state index in [-0.39, 0.29) is 42.6 Å². The highest BCUT2D eigenvalue weighted by atomic mass is 19.1. The fourth-order valence-electron chi connectivity index (χ4n) is 6.68. The van der Waals surface area contributed by atoms with Gasteiger partial charge < -0.3 is 15.3 Å². The molecule has 4 aliphatic carbocycles. The van der Waals surface area contributed by atoms with Gasteiger partial charge in [0.2, 0.25) is 0 Å². The minimum atomic E-state index is -2.27. The van der Waals surface area contributed by atoms with Crippen molar-refractivity contribution in [2.24, 2.45) is 22.7 Å². The number of ketones is 2. The normalized spacial score (nSPS) is 49.0. The molecular weight excluding hydrogens is 382 g/mol. The van der Waals surface area contributed by atoms with Crippen LogP contribution in [0, 0.1) is 22.7 Å². The number of carbonyl (C=O) groups is 2. The molecule has 0 unspecified atom stereocenters. The van der Waals surface area contributed by atoms with Crippen LogP contribution in [0.5, 0.6) is 0 Å². The monoisotopic (exact) mass is 408 g/mol. The van der Waals surface area contributed by atoms with Crippen LogP contribution in [-0.4, -0.2) is 50.9 Å². The molecule has 0 bridgehead atoms. The number of Topliss-reactive ketones (excluding diaryl/α,β-unsaturated/α-hetero) is 1. The number of carbonyl (C=O) groups excluding carboxylic acids is 2. The molecule has 29 heavy (non-hydrogen) atoms. The van der Waals surface area contributed by atoms with Crippen LogP contribution in [0.1, 0.15) is 39.5 Å². The van der Waals surface area contributed by atoms with Gasteiger partial charge in [-0.15, -0.1) is 0 Å². The summed E-state index contributed by atoms with van der Waals surface area (Å²) in [6.07, 6.45) is 0.556. The zero-order valence-corrected chi connectivity index (χ0v) is 16.5. The number of hydrogen-bond donors (Lipinski definition) is 3. The minimum absolute atomic E-state index is 0.0336. The molecule has 0 spiro atoms. The van der Waals surface area contributed by atoms with Crippen molar-refractivity contribution in [3.8, 4) is 0 Å². The summed E-state index contributed by atoms with van der Waals surface area (Å²) in [5.74, 6) is -3.67. The Balaban J connectivity index is 1.93. The first-order chi connectivity index (χ1) is 13.4. The predicted octanol–water partition coefficient (Wildman–Crippen LogP) is 2.11. The number of aliphatic hydroxyl groups is 3. The van der Waals surface area contributed by atoms with Gasteiger partial charge in [-0.3, -0.25) is 9.59 Å². The van der Waals surface area contributed by atoms with Gasteiger partial charge in [0.1, 0.15) is 12.4 Å². The zero-order chi connectivity index (χ0) is 21.6. The lowest BCUT2D eigenvalue weighted by Gasteiger charge is -2.61. The van der Waals surface area contributed by atoms with E-state index in [1.165, 1.54) is 6.92 Å². The van der Waals surface area contributed by atoms with E-state index >= 15 is 8.78 Å². The summed E-state index contributed by atoms with van der Waals surface area (Å²) < 4.78 is 31.9. The van der Waals surface area contributed by atoms with E-state index in [0.717, 1.165) is 12.2 Å². The molecule has 0 saturated heterocycles. The van der Waals surface area contributed by atoms with Gasteiger partial charge in [-0.1, -0.05) is 20.4 Å². The van der Waals surface area contributed by atoms with Gasteiger partial charge in [0.25, 0.3) is 0 Å². The van der Waals surface area contributed by atoms with Crippen LogP contribution in [0.25, 0.3) is 0 Å². The van der Waals surface area contributed by atoms with Gasteiger partial charge in [-0.2, -0.15) is 0 Å². The average Bonchev–Trinajstić information content (AvgIpc) is 2.86. The van der Waals surface area contributed by atoms with Crippen molar-refractivity contribution in [1.82, 2.24) is 0 Å². The van der Waals surface area contributed by atoms with Crippen molar-refractivity contribution in [2.45, 2.75) is 56.9 Å². The molecule has 4 aliphatic rings. The summed E-state index contributed by atoms with van der Waals surface area (Å²) in [5, 5.41) is 31.7. The van der Waals surface area contributed by atoms with Crippen molar-refractivity contribution in [2.75, 3.05) is 6.61 Å². The fourth-order valence-corrected chi connectivity index (χ4v) is 6.68.